The second kappa shape index (κ2) is 9.91. The molecule has 0 aliphatic carbocycles. The van der Waals surface area contributed by atoms with E-state index in [9.17, 15) is 14.4 Å². The fraction of sp³-hybridized carbons (Fsp3) is 0.348. The fourth-order valence-corrected chi connectivity index (χ4v) is 3.46. The van der Waals surface area contributed by atoms with Crippen molar-refractivity contribution in [3.05, 3.63) is 65.1 Å². The number of methoxy groups -OCH3 is 1. The minimum atomic E-state index is -0.466. The van der Waals surface area contributed by atoms with Crippen molar-refractivity contribution in [3.8, 4) is 0 Å². The van der Waals surface area contributed by atoms with Gasteiger partial charge in [0.25, 0.3) is 0 Å². The van der Waals surface area contributed by atoms with E-state index in [0.717, 1.165) is 5.56 Å². The molecule has 1 fully saturated rings. The molecular formula is C23H26N2O5. The van der Waals surface area contributed by atoms with Crippen molar-refractivity contribution in [2.45, 2.75) is 26.3 Å². The van der Waals surface area contributed by atoms with Crippen molar-refractivity contribution in [1.82, 2.24) is 10.2 Å². The van der Waals surface area contributed by atoms with E-state index in [1.54, 1.807) is 30.0 Å². The second-order valence-corrected chi connectivity index (χ2v) is 7.24. The number of hydrogen-bond donors (Lipinski definition) is 1. The SMILES string of the molecule is COC(=O)c1cc(CNC(=O)C2CCN(C(=O)/C=C/c3ccccc3)CC2)oc1C. The van der Waals surface area contributed by atoms with Crippen molar-refractivity contribution < 1.29 is 23.5 Å². The van der Waals surface area contributed by atoms with Gasteiger partial charge >= 0.3 is 5.97 Å². The van der Waals surface area contributed by atoms with Crippen LogP contribution in [0.5, 0.6) is 0 Å². The van der Waals surface area contributed by atoms with Crippen LogP contribution < -0.4 is 5.32 Å². The smallest absolute Gasteiger partial charge is 0.341 e. The molecule has 0 spiro atoms. The van der Waals surface area contributed by atoms with E-state index in [4.69, 9.17) is 9.15 Å². The summed E-state index contributed by atoms with van der Waals surface area (Å²) in [5, 5.41) is 2.85. The van der Waals surface area contributed by atoms with Crippen LogP contribution in [0.2, 0.25) is 0 Å². The van der Waals surface area contributed by atoms with Crippen molar-refractivity contribution >= 4 is 23.9 Å². The molecule has 2 heterocycles. The number of rotatable bonds is 6. The Balaban J connectivity index is 1.45. The predicted octanol–water partition coefficient (Wildman–Crippen LogP) is 2.94. The van der Waals surface area contributed by atoms with E-state index in [1.165, 1.54) is 7.11 Å². The summed E-state index contributed by atoms with van der Waals surface area (Å²) in [4.78, 5) is 38.2. The molecule has 1 aliphatic heterocycles. The van der Waals surface area contributed by atoms with Crippen LogP contribution in [0.25, 0.3) is 6.08 Å². The second-order valence-electron chi connectivity index (χ2n) is 7.24. The highest BCUT2D eigenvalue weighted by Crippen LogP contribution is 2.19. The van der Waals surface area contributed by atoms with Gasteiger partial charge in [-0.25, -0.2) is 4.79 Å². The molecule has 0 atom stereocenters. The molecule has 0 bridgehead atoms. The lowest BCUT2D eigenvalue weighted by atomic mass is 9.96. The number of benzene rings is 1. The molecule has 0 unspecified atom stereocenters. The lowest BCUT2D eigenvalue weighted by Gasteiger charge is -2.30. The highest BCUT2D eigenvalue weighted by atomic mass is 16.5. The molecule has 1 aromatic carbocycles. The number of likely N-dealkylation sites (tertiary alicyclic amines) is 1. The highest BCUT2D eigenvalue weighted by molar-refractivity contribution is 5.92. The number of furan rings is 1. The normalized spacial score (nSPS) is 14.7. The first kappa shape index (κ1) is 21.4. The zero-order valence-electron chi connectivity index (χ0n) is 17.2. The number of aryl methyl sites for hydroxylation is 1. The lowest BCUT2D eigenvalue weighted by Crippen LogP contribution is -2.42. The fourth-order valence-electron chi connectivity index (χ4n) is 3.46. The monoisotopic (exact) mass is 410 g/mol. The third-order valence-electron chi connectivity index (χ3n) is 5.21. The van der Waals surface area contributed by atoms with Crippen molar-refractivity contribution in [2.75, 3.05) is 20.2 Å². The maximum absolute atomic E-state index is 12.5. The van der Waals surface area contributed by atoms with Crippen LogP contribution in [-0.2, 0) is 20.9 Å². The Hall–Kier alpha value is -3.35. The van der Waals surface area contributed by atoms with Crippen LogP contribution in [0, 0.1) is 12.8 Å². The Morgan fingerprint density at radius 2 is 1.90 bits per heavy atom. The van der Waals surface area contributed by atoms with Crippen LogP contribution in [0.3, 0.4) is 0 Å². The molecule has 1 aromatic heterocycles. The first-order chi connectivity index (χ1) is 14.5. The molecular weight excluding hydrogens is 384 g/mol. The number of amides is 2. The molecule has 158 valence electrons. The Morgan fingerprint density at radius 3 is 2.57 bits per heavy atom. The quantitative estimate of drug-likeness (QED) is 0.584. The minimum absolute atomic E-state index is 0.0425. The molecule has 0 radical (unpaired) electrons. The van der Waals surface area contributed by atoms with E-state index in [0.29, 0.717) is 43.0 Å². The summed E-state index contributed by atoms with van der Waals surface area (Å²) in [6, 6.07) is 11.2. The summed E-state index contributed by atoms with van der Waals surface area (Å²) >= 11 is 0. The van der Waals surface area contributed by atoms with Gasteiger partial charge in [0.2, 0.25) is 11.8 Å². The molecule has 30 heavy (non-hydrogen) atoms. The van der Waals surface area contributed by atoms with E-state index in [1.807, 2.05) is 30.3 Å². The standard InChI is InChI=1S/C23H26N2O5/c1-16-20(23(28)29-2)14-19(30-16)15-24-22(27)18-10-12-25(13-11-18)21(26)9-8-17-6-4-3-5-7-17/h3-9,14,18H,10-13,15H2,1-2H3,(H,24,27)/b9-8+. The van der Waals surface area contributed by atoms with Gasteiger partial charge in [-0.1, -0.05) is 30.3 Å². The van der Waals surface area contributed by atoms with Gasteiger partial charge in [-0.15, -0.1) is 0 Å². The Morgan fingerprint density at radius 1 is 1.20 bits per heavy atom. The molecule has 2 amide bonds. The van der Waals surface area contributed by atoms with Gasteiger partial charge in [-0.05, 0) is 37.5 Å². The third kappa shape index (κ3) is 5.37. The largest absolute Gasteiger partial charge is 0.465 e. The summed E-state index contributed by atoms with van der Waals surface area (Å²) in [6.45, 7) is 2.97. The van der Waals surface area contributed by atoms with Crippen LogP contribution in [-0.4, -0.2) is 42.9 Å². The van der Waals surface area contributed by atoms with Gasteiger partial charge < -0.3 is 19.4 Å². The summed E-state index contributed by atoms with van der Waals surface area (Å²) < 4.78 is 10.2. The van der Waals surface area contributed by atoms with Crippen LogP contribution >= 0.6 is 0 Å². The number of carbonyl (C=O) groups is 3. The Bertz CT molecular complexity index is 924. The number of esters is 1. The van der Waals surface area contributed by atoms with Gasteiger partial charge in [-0.3, -0.25) is 9.59 Å². The zero-order valence-corrected chi connectivity index (χ0v) is 17.2. The molecule has 1 saturated heterocycles. The van der Waals surface area contributed by atoms with Gasteiger partial charge in [0.1, 0.15) is 17.1 Å². The van der Waals surface area contributed by atoms with Crippen LogP contribution in [0.15, 0.2) is 46.9 Å². The number of hydrogen-bond acceptors (Lipinski definition) is 5. The first-order valence-electron chi connectivity index (χ1n) is 9.95. The predicted molar refractivity (Wildman–Crippen MR) is 111 cm³/mol. The molecule has 3 rings (SSSR count). The van der Waals surface area contributed by atoms with E-state index < -0.39 is 5.97 Å². The third-order valence-corrected chi connectivity index (χ3v) is 5.21. The van der Waals surface area contributed by atoms with E-state index in [-0.39, 0.29) is 24.3 Å². The minimum Gasteiger partial charge on any atom is -0.465 e. The number of nitrogens with one attached hydrogen (secondary N) is 1. The number of ether oxygens (including phenoxy) is 1. The summed E-state index contributed by atoms with van der Waals surface area (Å²) in [5.41, 5.74) is 1.33. The summed E-state index contributed by atoms with van der Waals surface area (Å²) in [7, 11) is 1.31. The number of piperidine rings is 1. The molecule has 7 nitrogen and oxygen atoms in total. The highest BCUT2D eigenvalue weighted by Gasteiger charge is 2.26. The van der Waals surface area contributed by atoms with Gasteiger partial charge in [0.05, 0.1) is 13.7 Å². The van der Waals surface area contributed by atoms with E-state index in [2.05, 4.69) is 5.32 Å². The summed E-state index contributed by atoms with van der Waals surface area (Å²) in [6.07, 6.45) is 4.60. The topological polar surface area (TPSA) is 88.9 Å². The number of nitrogens with zero attached hydrogens (tertiary/aromatic N) is 1. The van der Waals surface area contributed by atoms with Crippen molar-refractivity contribution in [3.63, 3.8) is 0 Å². The molecule has 1 N–H and O–H groups in total. The first-order valence-corrected chi connectivity index (χ1v) is 9.95. The van der Waals surface area contributed by atoms with Gasteiger partial charge in [0.15, 0.2) is 0 Å². The van der Waals surface area contributed by atoms with Gasteiger partial charge in [0, 0.05) is 25.1 Å². The van der Waals surface area contributed by atoms with Crippen LogP contribution in [0.4, 0.5) is 0 Å². The average molecular weight is 410 g/mol. The Labute approximate surface area is 175 Å². The molecule has 7 heteroatoms. The van der Waals surface area contributed by atoms with E-state index >= 15 is 0 Å². The van der Waals surface area contributed by atoms with Crippen LogP contribution in [0.1, 0.15) is 40.3 Å². The number of carbonyl (C=O) groups excluding carboxylic acids is 3. The zero-order chi connectivity index (χ0) is 21.5. The Kier molecular flexibility index (Phi) is 7.06. The average Bonchev–Trinajstić information content (AvgIpc) is 3.16. The maximum atomic E-state index is 12.5. The van der Waals surface area contributed by atoms with Crippen molar-refractivity contribution in [2.24, 2.45) is 5.92 Å². The maximum Gasteiger partial charge on any atom is 0.341 e. The summed E-state index contributed by atoms with van der Waals surface area (Å²) in [5.74, 6) is 0.228. The molecule has 0 saturated carbocycles. The lowest BCUT2D eigenvalue weighted by molar-refractivity contribution is -0.132. The van der Waals surface area contributed by atoms with Crippen molar-refractivity contribution in [1.29, 1.82) is 0 Å². The van der Waals surface area contributed by atoms with Gasteiger partial charge in [-0.2, -0.15) is 0 Å². The molecule has 2 aromatic rings. The molecule has 1 aliphatic rings.